The summed E-state index contributed by atoms with van der Waals surface area (Å²) in [5.74, 6) is 0.0199. The van der Waals surface area contributed by atoms with E-state index in [9.17, 15) is 15.0 Å². The topological polar surface area (TPSA) is 165 Å². The lowest BCUT2D eigenvalue weighted by Gasteiger charge is -2.17. The average Bonchev–Trinajstić information content (AvgIpc) is 3.70. The Morgan fingerprint density at radius 1 is 1.07 bits per heavy atom. The molecule has 0 radical (unpaired) electrons. The molecule has 1 aliphatic heterocycles. The highest BCUT2D eigenvalue weighted by Crippen LogP contribution is 2.33. The third-order valence-electron chi connectivity index (χ3n) is 6.75. The fourth-order valence-corrected chi connectivity index (χ4v) is 4.89. The molecule has 2 aromatic carbocycles. The van der Waals surface area contributed by atoms with Crippen LogP contribution in [0.15, 0.2) is 67.1 Å². The van der Waals surface area contributed by atoms with Crippen molar-refractivity contribution in [3.8, 4) is 5.95 Å². The lowest BCUT2D eigenvalue weighted by Crippen LogP contribution is -2.41. The number of fused-ring (bicyclic) bond motifs is 1. The van der Waals surface area contributed by atoms with Gasteiger partial charge in [0.25, 0.3) is 11.9 Å². The van der Waals surface area contributed by atoms with Crippen molar-refractivity contribution in [2.45, 2.75) is 37.5 Å². The first-order valence-electron chi connectivity index (χ1n) is 12.8. The van der Waals surface area contributed by atoms with Crippen molar-refractivity contribution >= 4 is 34.5 Å². The summed E-state index contributed by atoms with van der Waals surface area (Å²) < 4.78 is 8.68. The summed E-state index contributed by atoms with van der Waals surface area (Å²) in [6, 6.07) is 17.3. The normalized spacial score (nSPS) is 20.4. The van der Waals surface area contributed by atoms with E-state index in [0.717, 1.165) is 11.1 Å². The molecule has 0 aliphatic carbocycles. The predicted molar refractivity (Wildman–Crippen MR) is 148 cm³/mol. The van der Waals surface area contributed by atoms with Crippen LogP contribution < -0.4 is 10.6 Å². The summed E-state index contributed by atoms with van der Waals surface area (Å²) in [4.78, 5) is 26.0. The number of aromatic nitrogens is 7. The number of amides is 1. The number of nitrogens with zero attached hydrogens (tertiary/aromatic N) is 7. The minimum Gasteiger partial charge on any atom is -0.387 e. The highest BCUT2D eigenvalue weighted by atomic mass is 35.5. The predicted octanol–water partition coefficient (Wildman–Crippen LogP) is 1.63. The number of halogens is 1. The summed E-state index contributed by atoms with van der Waals surface area (Å²) in [5, 5.41) is 36.1. The van der Waals surface area contributed by atoms with Crippen LogP contribution in [0.2, 0.25) is 5.02 Å². The van der Waals surface area contributed by atoms with Gasteiger partial charge in [0.15, 0.2) is 29.3 Å². The summed E-state index contributed by atoms with van der Waals surface area (Å²) in [6.45, 7) is 0.385. The fourth-order valence-electron chi connectivity index (χ4n) is 4.68. The Bertz CT molecular complexity index is 1690. The van der Waals surface area contributed by atoms with Gasteiger partial charge >= 0.3 is 0 Å². The molecule has 3 aromatic heterocycles. The molecule has 5 aromatic rings. The second-order valence-electron chi connectivity index (χ2n) is 9.54. The van der Waals surface area contributed by atoms with E-state index in [-0.39, 0.29) is 11.6 Å². The van der Waals surface area contributed by atoms with Crippen molar-refractivity contribution in [2.24, 2.45) is 0 Å². The van der Waals surface area contributed by atoms with E-state index < -0.39 is 30.4 Å². The minimum atomic E-state index is -1.45. The lowest BCUT2D eigenvalue weighted by atomic mass is 10.1. The number of rotatable bonds is 8. The first kappa shape index (κ1) is 26.8. The van der Waals surface area contributed by atoms with E-state index in [4.69, 9.17) is 16.3 Å². The molecule has 1 saturated heterocycles. The fraction of sp³-hybridized carbons (Fsp3) is 0.259. The van der Waals surface area contributed by atoms with Gasteiger partial charge in [-0.05, 0) is 23.3 Å². The largest absolute Gasteiger partial charge is 0.387 e. The SMILES string of the molecule is CNC(=O)[C@H]1O[C@@H](n2cnc3c(NCc4cccc(Cl)c4)nc(-n4cc(Cc5ccccc5)nn4)nc32)[C@H](O)[C@@H]1O. The van der Waals surface area contributed by atoms with Crippen molar-refractivity contribution in [2.75, 3.05) is 12.4 Å². The molecule has 1 aliphatic rings. The van der Waals surface area contributed by atoms with Crippen LogP contribution in [0.3, 0.4) is 0 Å². The van der Waals surface area contributed by atoms with Crippen LogP contribution >= 0.6 is 11.6 Å². The Hall–Kier alpha value is -4.43. The standard InChI is InChI=1S/C27H26ClN9O4/c1-29-25(40)22-20(38)21(39)26(41-22)36-14-31-19-23(30-12-16-8-5-9-17(28)10-16)32-27(33-24(19)36)37-13-18(34-35-37)11-15-6-3-2-4-7-15/h2-10,13-14,20-22,26,38-39H,11-12H2,1H3,(H,29,40)(H,30,32,33)/t20-,21+,22-,26+/m0/s1. The van der Waals surface area contributed by atoms with Crippen molar-refractivity contribution in [3.63, 3.8) is 0 Å². The molecular weight excluding hydrogens is 550 g/mol. The number of aliphatic hydroxyl groups is 2. The minimum absolute atomic E-state index is 0.190. The lowest BCUT2D eigenvalue weighted by molar-refractivity contribution is -0.137. The van der Waals surface area contributed by atoms with Crippen LogP contribution in [0.5, 0.6) is 0 Å². The number of anilines is 1. The van der Waals surface area contributed by atoms with Crippen LogP contribution in [-0.4, -0.2) is 76.0 Å². The molecule has 1 amide bonds. The Labute approximate surface area is 238 Å². The maximum Gasteiger partial charge on any atom is 0.256 e. The van der Waals surface area contributed by atoms with E-state index in [0.29, 0.717) is 35.0 Å². The molecule has 4 N–H and O–H groups in total. The van der Waals surface area contributed by atoms with Gasteiger partial charge in [-0.3, -0.25) is 9.36 Å². The summed E-state index contributed by atoms with van der Waals surface area (Å²) in [6.07, 6.45) is -1.54. The van der Waals surface area contributed by atoms with Crippen LogP contribution in [-0.2, 0) is 22.5 Å². The van der Waals surface area contributed by atoms with Gasteiger partial charge in [-0.1, -0.05) is 59.3 Å². The van der Waals surface area contributed by atoms with Gasteiger partial charge in [0.05, 0.1) is 18.2 Å². The second kappa shape index (κ2) is 11.2. The molecule has 1 fully saturated rings. The Morgan fingerprint density at radius 2 is 1.88 bits per heavy atom. The van der Waals surface area contributed by atoms with Gasteiger partial charge in [-0.25, -0.2) is 4.98 Å². The van der Waals surface area contributed by atoms with Gasteiger partial charge in [-0.2, -0.15) is 14.6 Å². The Kier molecular flexibility index (Phi) is 7.32. The maximum atomic E-state index is 12.2. The number of benzene rings is 2. The monoisotopic (exact) mass is 575 g/mol. The molecule has 0 bridgehead atoms. The van der Waals surface area contributed by atoms with E-state index in [2.05, 4.69) is 35.9 Å². The third kappa shape index (κ3) is 5.35. The zero-order valence-electron chi connectivity index (χ0n) is 21.8. The molecule has 6 rings (SSSR count). The summed E-state index contributed by atoms with van der Waals surface area (Å²) in [7, 11) is 1.42. The van der Waals surface area contributed by atoms with E-state index >= 15 is 0 Å². The number of hydrogen-bond donors (Lipinski definition) is 4. The molecule has 210 valence electrons. The number of hydrogen-bond acceptors (Lipinski definition) is 10. The first-order chi connectivity index (χ1) is 19.9. The van der Waals surface area contributed by atoms with Gasteiger partial charge < -0.3 is 25.6 Å². The molecule has 0 spiro atoms. The molecular formula is C27H26ClN9O4. The van der Waals surface area contributed by atoms with Crippen molar-refractivity contribution in [1.82, 2.24) is 39.8 Å². The number of nitrogens with one attached hydrogen (secondary N) is 2. The van der Waals surface area contributed by atoms with Gasteiger partial charge in [0.2, 0.25) is 0 Å². The van der Waals surface area contributed by atoms with Crippen LogP contribution in [0.25, 0.3) is 17.1 Å². The van der Waals surface area contributed by atoms with Crippen LogP contribution in [0.1, 0.15) is 23.0 Å². The first-order valence-corrected chi connectivity index (χ1v) is 13.2. The van der Waals surface area contributed by atoms with E-state index in [1.165, 1.54) is 22.6 Å². The molecule has 0 saturated carbocycles. The summed E-state index contributed by atoms with van der Waals surface area (Å²) >= 11 is 6.16. The molecule has 4 heterocycles. The highest BCUT2D eigenvalue weighted by Gasteiger charge is 2.47. The molecule has 13 nitrogen and oxygen atoms in total. The third-order valence-corrected chi connectivity index (χ3v) is 6.98. The summed E-state index contributed by atoms with van der Waals surface area (Å²) in [5.41, 5.74) is 3.39. The van der Waals surface area contributed by atoms with Gasteiger partial charge in [0, 0.05) is 25.0 Å². The van der Waals surface area contributed by atoms with Gasteiger partial charge in [-0.15, -0.1) is 5.10 Å². The highest BCUT2D eigenvalue weighted by molar-refractivity contribution is 6.30. The number of carbonyl (C=O) groups excluding carboxylic acids is 1. The zero-order chi connectivity index (χ0) is 28.5. The van der Waals surface area contributed by atoms with Crippen molar-refractivity contribution in [1.29, 1.82) is 0 Å². The van der Waals surface area contributed by atoms with Crippen LogP contribution in [0, 0.1) is 0 Å². The molecule has 4 atom stereocenters. The number of likely N-dealkylation sites (N-methyl/N-ethyl adjacent to an activating group) is 1. The Morgan fingerprint density at radius 3 is 2.66 bits per heavy atom. The van der Waals surface area contributed by atoms with Crippen molar-refractivity contribution < 1.29 is 19.7 Å². The van der Waals surface area contributed by atoms with Crippen molar-refractivity contribution in [3.05, 3.63) is 89.0 Å². The zero-order valence-corrected chi connectivity index (χ0v) is 22.5. The number of ether oxygens (including phenoxy) is 1. The number of imidazole rings is 1. The molecule has 41 heavy (non-hydrogen) atoms. The van der Waals surface area contributed by atoms with Gasteiger partial charge in [0.1, 0.15) is 12.2 Å². The molecule has 14 heteroatoms. The van der Waals surface area contributed by atoms with E-state index in [1.807, 2.05) is 48.5 Å². The quantitative estimate of drug-likeness (QED) is 0.214. The van der Waals surface area contributed by atoms with Crippen LogP contribution in [0.4, 0.5) is 5.82 Å². The number of carbonyl (C=O) groups is 1. The number of aliphatic hydroxyl groups excluding tert-OH is 2. The average molecular weight is 576 g/mol. The Balaban J connectivity index is 1.38. The smallest absolute Gasteiger partial charge is 0.256 e. The molecule has 0 unspecified atom stereocenters. The van der Waals surface area contributed by atoms with E-state index in [1.54, 1.807) is 12.3 Å². The second-order valence-corrected chi connectivity index (χ2v) is 9.98. The maximum absolute atomic E-state index is 12.2.